The van der Waals surface area contributed by atoms with E-state index in [1.807, 2.05) is 0 Å². The Kier molecular flexibility index (Phi) is 6.20. The summed E-state index contributed by atoms with van der Waals surface area (Å²) in [5.74, 6) is 0. The highest BCUT2D eigenvalue weighted by molar-refractivity contribution is 14.1. The molecule has 0 bridgehead atoms. The first-order valence-electron chi connectivity index (χ1n) is 5.36. The molecule has 0 unspecified atom stereocenters. The Morgan fingerprint density at radius 1 is 1.33 bits per heavy atom. The summed E-state index contributed by atoms with van der Waals surface area (Å²) < 4.78 is 1.35. The van der Waals surface area contributed by atoms with Crippen LogP contribution in [0.1, 0.15) is 12.5 Å². The van der Waals surface area contributed by atoms with E-state index >= 15 is 0 Å². The molecule has 2 nitrogen and oxygen atoms in total. The third kappa shape index (κ3) is 4.95. The number of hydrogen-bond acceptors (Lipinski definition) is 2. The van der Waals surface area contributed by atoms with Gasteiger partial charge in [-0.05, 0) is 47.8 Å². The molecular formula is C12H19IN2. The number of rotatable bonds is 6. The predicted molar refractivity (Wildman–Crippen MR) is 74.0 cm³/mol. The maximum Gasteiger partial charge on any atom is 0.0241 e. The van der Waals surface area contributed by atoms with E-state index in [-0.39, 0.29) is 0 Å². The topological polar surface area (TPSA) is 15.3 Å². The Hall–Kier alpha value is -0.130. The molecule has 0 fully saturated rings. The van der Waals surface area contributed by atoms with Crippen LogP contribution in [0.25, 0.3) is 0 Å². The largest absolute Gasteiger partial charge is 0.316 e. The zero-order valence-corrected chi connectivity index (χ0v) is 11.6. The molecule has 0 saturated carbocycles. The molecule has 1 aromatic carbocycles. The van der Waals surface area contributed by atoms with Crippen LogP contribution in [0.4, 0.5) is 0 Å². The first-order valence-corrected chi connectivity index (χ1v) is 6.44. The quantitative estimate of drug-likeness (QED) is 0.640. The Morgan fingerprint density at radius 2 is 2.07 bits per heavy atom. The van der Waals surface area contributed by atoms with E-state index in [9.17, 15) is 0 Å². The van der Waals surface area contributed by atoms with Gasteiger partial charge in [0, 0.05) is 23.2 Å². The highest BCUT2D eigenvalue weighted by Crippen LogP contribution is 2.12. The van der Waals surface area contributed by atoms with Crippen molar-refractivity contribution in [3.05, 3.63) is 33.4 Å². The molecule has 0 aliphatic rings. The lowest BCUT2D eigenvalue weighted by molar-refractivity contribution is 0.325. The van der Waals surface area contributed by atoms with Gasteiger partial charge in [0.25, 0.3) is 0 Å². The number of likely N-dealkylation sites (N-methyl/N-ethyl adjacent to an activating group) is 2. The van der Waals surface area contributed by atoms with Crippen LogP contribution in [-0.2, 0) is 6.54 Å². The second-order valence-corrected chi connectivity index (χ2v) is 4.84. The van der Waals surface area contributed by atoms with E-state index in [0.717, 1.165) is 26.2 Å². The third-order valence-electron chi connectivity index (χ3n) is 2.32. The molecule has 0 heterocycles. The van der Waals surface area contributed by atoms with Gasteiger partial charge in [0.1, 0.15) is 0 Å². The molecular weight excluding hydrogens is 299 g/mol. The van der Waals surface area contributed by atoms with Crippen LogP contribution in [-0.4, -0.2) is 31.6 Å². The molecule has 1 N–H and O–H groups in total. The fourth-order valence-electron chi connectivity index (χ4n) is 1.44. The fourth-order valence-corrected chi connectivity index (χ4v) is 2.00. The summed E-state index contributed by atoms with van der Waals surface area (Å²) in [5, 5.41) is 3.34. The van der Waals surface area contributed by atoms with Crippen LogP contribution in [0.15, 0.2) is 24.3 Å². The molecule has 84 valence electrons. The summed E-state index contributed by atoms with van der Waals surface area (Å²) in [5.41, 5.74) is 1.41. The van der Waals surface area contributed by atoms with E-state index in [1.165, 1.54) is 9.13 Å². The summed E-state index contributed by atoms with van der Waals surface area (Å²) >= 11 is 2.40. The van der Waals surface area contributed by atoms with Crippen molar-refractivity contribution in [1.82, 2.24) is 10.2 Å². The number of hydrogen-bond donors (Lipinski definition) is 1. The molecule has 0 saturated heterocycles. The molecule has 0 atom stereocenters. The van der Waals surface area contributed by atoms with Gasteiger partial charge in [-0.3, -0.25) is 0 Å². The average Bonchev–Trinajstić information content (AvgIpc) is 2.22. The normalized spacial score (nSPS) is 10.9. The van der Waals surface area contributed by atoms with E-state index < -0.39 is 0 Å². The van der Waals surface area contributed by atoms with Crippen LogP contribution in [0.2, 0.25) is 0 Å². The lowest BCUT2D eigenvalue weighted by Crippen LogP contribution is -2.28. The molecule has 1 rings (SSSR count). The molecule has 1 aromatic rings. The zero-order chi connectivity index (χ0) is 11.1. The second kappa shape index (κ2) is 7.19. The highest BCUT2D eigenvalue weighted by atomic mass is 127. The van der Waals surface area contributed by atoms with E-state index in [4.69, 9.17) is 0 Å². The van der Waals surface area contributed by atoms with Crippen molar-refractivity contribution in [2.45, 2.75) is 13.5 Å². The smallest absolute Gasteiger partial charge is 0.0241 e. The molecule has 0 aliphatic heterocycles. The second-order valence-electron chi connectivity index (χ2n) is 3.68. The molecule has 3 heteroatoms. The van der Waals surface area contributed by atoms with Crippen LogP contribution in [0.5, 0.6) is 0 Å². The Balaban J connectivity index is 2.37. The van der Waals surface area contributed by atoms with Gasteiger partial charge >= 0.3 is 0 Å². The van der Waals surface area contributed by atoms with Crippen molar-refractivity contribution in [3.8, 4) is 0 Å². The Morgan fingerprint density at radius 3 is 2.73 bits per heavy atom. The van der Waals surface area contributed by atoms with Crippen molar-refractivity contribution in [2.24, 2.45) is 0 Å². The molecule has 0 spiro atoms. The third-order valence-corrected chi connectivity index (χ3v) is 3.37. The molecule has 0 amide bonds. The number of nitrogens with one attached hydrogen (secondary N) is 1. The van der Waals surface area contributed by atoms with Gasteiger partial charge in [-0.2, -0.15) is 0 Å². The average molecular weight is 318 g/mol. The van der Waals surface area contributed by atoms with E-state index in [2.05, 4.69) is 71.0 Å². The highest BCUT2D eigenvalue weighted by Gasteiger charge is 2.02. The Bertz CT molecular complexity index is 289. The molecule has 0 aliphatic carbocycles. The minimum atomic E-state index is 1.03. The molecule has 15 heavy (non-hydrogen) atoms. The first-order chi connectivity index (χ1) is 7.24. The number of nitrogens with zero attached hydrogens (tertiary/aromatic N) is 1. The van der Waals surface area contributed by atoms with Crippen molar-refractivity contribution < 1.29 is 0 Å². The summed E-state index contributed by atoms with van der Waals surface area (Å²) in [7, 11) is 2.17. The van der Waals surface area contributed by atoms with Gasteiger partial charge in [-0.15, -0.1) is 0 Å². The lowest BCUT2D eigenvalue weighted by Gasteiger charge is -2.17. The first kappa shape index (κ1) is 12.9. The van der Waals surface area contributed by atoms with E-state index in [0.29, 0.717) is 0 Å². The monoisotopic (exact) mass is 318 g/mol. The zero-order valence-electron chi connectivity index (χ0n) is 9.46. The fraction of sp³-hybridized carbons (Fsp3) is 0.500. The van der Waals surface area contributed by atoms with Crippen LogP contribution in [0, 0.1) is 3.57 Å². The maximum absolute atomic E-state index is 3.34. The van der Waals surface area contributed by atoms with Gasteiger partial charge in [-0.1, -0.05) is 25.1 Å². The summed E-state index contributed by atoms with van der Waals surface area (Å²) in [6.07, 6.45) is 0. The van der Waals surface area contributed by atoms with E-state index in [1.54, 1.807) is 0 Å². The van der Waals surface area contributed by atoms with Gasteiger partial charge < -0.3 is 10.2 Å². The van der Waals surface area contributed by atoms with Crippen LogP contribution >= 0.6 is 22.6 Å². The van der Waals surface area contributed by atoms with Crippen molar-refractivity contribution >= 4 is 22.6 Å². The lowest BCUT2D eigenvalue weighted by atomic mass is 10.2. The molecule has 0 aromatic heterocycles. The van der Waals surface area contributed by atoms with Gasteiger partial charge in [0.2, 0.25) is 0 Å². The minimum Gasteiger partial charge on any atom is -0.316 e. The van der Waals surface area contributed by atoms with Gasteiger partial charge in [0.05, 0.1) is 0 Å². The van der Waals surface area contributed by atoms with Crippen LogP contribution < -0.4 is 5.32 Å². The standard InChI is InChI=1S/C12H19IN2/c1-3-14-8-9-15(2)10-11-6-4-5-7-12(11)13/h4-7,14H,3,8-10H2,1-2H3. The number of benzene rings is 1. The summed E-state index contributed by atoms with van der Waals surface area (Å²) in [4.78, 5) is 2.35. The minimum absolute atomic E-state index is 1.03. The van der Waals surface area contributed by atoms with Crippen molar-refractivity contribution in [2.75, 3.05) is 26.7 Å². The molecule has 0 radical (unpaired) electrons. The van der Waals surface area contributed by atoms with Crippen molar-refractivity contribution in [3.63, 3.8) is 0 Å². The number of halogens is 1. The Labute approximate surface area is 106 Å². The summed E-state index contributed by atoms with van der Waals surface area (Å²) in [6, 6.07) is 8.55. The van der Waals surface area contributed by atoms with Gasteiger partial charge in [-0.25, -0.2) is 0 Å². The van der Waals surface area contributed by atoms with Gasteiger partial charge in [0.15, 0.2) is 0 Å². The predicted octanol–water partition coefficient (Wildman–Crippen LogP) is 2.33. The van der Waals surface area contributed by atoms with Crippen LogP contribution in [0.3, 0.4) is 0 Å². The SMILES string of the molecule is CCNCCN(C)Cc1ccccc1I. The van der Waals surface area contributed by atoms with Crippen molar-refractivity contribution in [1.29, 1.82) is 0 Å². The maximum atomic E-state index is 3.34. The summed E-state index contributed by atoms with van der Waals surface area (Å²) in [6.45, 7) is 6.39.